The first-order valence-corrected chi connectivity index (χ1v) is 7.43. The predicted octanol–water partition coefficient (Wildman–Crippen LogP) is 4.68. The topological polar surface area (TPSA) is 12.0 Å². The summed E-state index contributed by atoms with van der Waals surface area (Å²) in [7, 11) is 0. The van der Waals surface area contributed by atoms with Crippen LogP contribution in [-0.2, 0) is 0 Å². The smallest absolute Gasteiger partial charge is 0.128 e. The zero-order valence-corrected chi connectivity index (χ0v) is 12.8. The lowest BCUT2D eigenvalue weighted by Crippen LogP contribution is -2.26. The minimum absolute atomic E-state index is 0.102. The van der Waals surface area contributed by atoms with Gasteiger partial charge in [0.05, 0.1) is 0 Å². The van der Waals surface area contributed by atoms with Crippen molar-refractivity contribution in [2.24, 2.45) is 11.3 Å². The Morgan fingerprint density at radius 3 is 2.72 bits per heavy atom. The summed E-state index contributed by atoms with van der Waals surface area (Å²) in [6, 6.07) is 5.36. The van der Waals surface area contributed by atoms with Crippen LogP contribution in [0.4, 0.5) is 4.39 Å². The molecule has 1 nitrogen and oxygen atoms in total. The summed E-state index contributed by atoms with van der Waals surface area (Å²) in [6.45, 7) is 7.59. The van der Waals surface area contributed by atoms with Crippen LogP contribution in [0.15, 0.2) is 22.7 Å². The molecule has 3 heteroatoms. The van der Waals surface area contributed by atoms with Gasteiger partial charge in [-0.15, -0.1) is 0 Å². The van der Waals surface area contributed by atoms with Crippen molar-refractivity contribution in [3.05, 3.63) is 34.1 Å². The number of hydrogen-bond acceptors (Lipinski definition) is 1. The third-order valence-corrected chi connectivity index (χ3v) is 4.39. The summed E-state index contributed by atoms with van der Waals surface area (Å²) in [5, 5.41) is 3.51. The van der Waals surface area contributed by atoms with Gasteiger partial charge in [-0.25, -0.2) is 4.39 Å². The van der Waals surface area contributed by atoms with Crippen LogP contribution in [0.2, 0.25) is 0 Å². The minimum Gasteiger partial charge on any atom is -0.310 e. The van der Waals surface area contributed by atoms with Crippen molar-refractivity contribution in [3.8, 4) is 0 Å². The van der Waals surface area contributed by atoms with Gasteiger partial charge in [0.15, 0.2) is 0 Å². The highest BCUT2D eigenvalue weighted by atomic mass is 79.9. The molecule has 2 atom stereocenters. The lowest BCUT2D eigenvalue weighted by Gasteiger charge is -2.21. The van der Waals surface area contributed by atoms with Crippen LogP contribution in [0.1, 0.15) is 45.2 Å². The second kappa shape index (κ2) is 5.30. The van der Waals surface area contributed by atoms with Crippen LogP contribution in [0.3, 0.4) is 0 Å². The lowest BCUT2D eigenvalue weighted by molar-refractivity contribution is 0.402. The summed E-state index contributed by atoms with van der Waals surface area (Å²) < 4.78 is 15.0. The van der Waals surface area contributed by atoms with E-state index in [1.54, 1.807) is 12.1 Å². The second-order valence-electron chi connectivity index (χ2n) is 5.90. The van der Waals surface area contributed by atoms with Gasteiger partial charge < -0.3 is 5.32 Å². The maximum Gasteiger partial charge on any atom is 0.128 e. The third-order valence-electron chi connectivity index (χ3n) is 3.90. The molecule has 0 saturated heterocycles. The van der Waals surface area contributed by atoms with Crippen molar-refractivity contribution < 1.29 is 4.39 Å². The zero-order valence-electron chi connectivity index (χ0n) is 11.3. The van der Waals surface area contributed by atoms with E-state index >= 15 is 0 Å². The summed E-state index contributed by atoms with van der Waals surface area (Å²) in [4.78, 5) is 0. The molecule has 2 unspecified atom stereocenters. The fourth-order valence-electron chi connectivity index (χ4n) is 2.60. The maximum absolute atomic E-state index is 14.0. The van der Waals surface area contributed by atoms with Crippen molar-refractivity contribution >= 4 is 15.9 Å². The molecule has 0 amide bonds. The van der Waals surface area contributed by atoms with Crippen LogP contribution < -0.4 is 5.32 Å². The second-order valence-corrected chi connectivity index (χ2v) is 6.81. The molecule has 1 N–H and O–H groups in total. The number of nitrogens with one attached hydrogen (secondary N) is 1. The Balaban J connectivity index is 2.25. The van der Waals surface area contributed by atoms with Crippen LogP contribution in [0.25, 0.3) is 0 Å². The molecule has 0 radical (unpaired) electrons. The lowest BCUT2D eigenvalue weighted by atomic mass is 9.96. The Morgan fingerprint density at radius 1 is 1.50 bits per heavy atom. The van der Waals surface area contributed by atoms with Gasteiger partial charge in [-0.2, -0.15) is 0 Å². The quantitative estimate of drug-likeness (QED) is 0.832. The SMILES string of the molecule is CCCNC(c1cc(Br)ccc1F)C1CC1(C)C. The minimum atomic E-state index is -0.102. The van der Waals surface area contributed by atoms with E-state index < -0.39 is 0 Å². The molecule has 1 aliphatic rings. The Labute approximate surface area is 117 Å². The van der Waals surface area contributed by atoms with E-state index in [-0.39, 0.29) is 11.9 Å². The van der Waals surface area contributed by atoms with Crippen LogP contribution in [0, 0.1) is 17.2 Å². The first-order chi connectivity index (χ1) is 8.45. The first kappa shape index (κ1) is 14.0. The summed E-state index contributed by atoms with van der Waals surface area (Å²) in [5.41, 5.74) is 1.13. The fraction of sp³-hybridized carbons (Fsp3) is 0.600. The summed E-state index contributed by atoms with van der Waals surface area (Å²) in [5.74, 6) is 0.433. The Kier molecular flexibility index (Phi) is 4.12. The molecule has 0 aromatic heterocycles. The monoisotopic (exact) mass is 313 g/mol. The summed E-state index contributed by atoms with van der Waals surface area (Å²) in [6.07, 6.45) is 2.24. The third kappa shape index (κ3) is 2.94. The molecular formula is C15H21BrFN. The van der Waals surface area contributed by atoms with E-state index in [1.807, 2.05) is 6.07 Å². The van der Waals surface area contributed by atoms with Gasteiger partial charge in [-0.05, 0) is 48.9 Å². The fourth-order valence-corrected chi connectivity index (χ4v) is 2.98. The van der Waals surface area contributed by atoms with Crippen molar-refractivity contribution in [1.29, 1.82) is 0 Å². The van der Waals surface area contributed by atoms with E-state index in [0.717, 1.165) is 23.0 Å². The number of benzene rings is 1. The van der Waals surface area contributed by atoms with Gasteiger partial charge >= 0.3 is 0 Å². The molecule has 100 valence electrons. The molecule has 1 aromatic carbocycles. The first-order valence-electron chi connectivity index (χ1n) is 6.64. The van der Waals surface area contributed by atoms with Gasteiger partial charge in [-0.3, -0.25) is 0 Å². The molecule has 0 spiro atoms. The Bertz CT molecular complexity index is 431. The highest BCUT2D eigenvalue weighted by Gasteiger charge is 2.50. The van der Waals surface area contributed by atoms with Crippen LogP contribution in [-0.4, -0.2) is 6.54 Å². The normalized spacial score (nSPS) is 22.8. The van der Waals surface area contributed by atoms with Crippen molar-refractivity contribution in [1.82, 2.24) is 5.32 Å². The van der Waals surface area contributed by atoms with Crippen molar-refractivity contribution in [2.75, 3.05) is 6.54 Å². The molecule has 18 heavy (non-hydrogen) atoms. The highest BCUT2D eigenvalue weighted by Crippen LogP contribution is 2.58. The van der Waals surface area contributed by atoms with E-state index in [4.69, 9.17) is 0 Å². The van der Waals surface area contributed by atoms with Crippen molar-refractivity contribution in [2.45, 2.75) is 39.7 Å². The van der Waals surface area contributed by atoms with E-state index in [9.17, 15) is 4.39 Å². The van der Waals surface area contributed by atoms with E-state index in [0.29, 0.717) is 11.3 Å². The van der Waals surface area contributed by atoms with E-state index in [1.165, 1.54) is 6.42 Å². The molecule has 0 heterocycles. The number of hydrogen-bond donors (Lipinski definition) is 1. The molecule has 1 aliphatic carbocycles. The highest BCUT2D eigenvalue weighted by molar-refractivity contribution is 9.10. The largest absolute Gasteiger partial charge is 0.310 e. The van der Waals surface area contributed by atoms with Gasteiger partial charge in [0.2, 0.25) is 0 Å². The Morgan fingerprint density at radius 2 is 2.17 bits per heavy atom. The Hall–Kier alpha value is -0.410. The number of halogens is 2. The average molecular weight is 314 g/mol. The van der Waals surface area contributed by atoms with Gasteiger partial charge in [0.25, 0.3) is 0 Å². The van der Waals surface area contributed by atoms with Crippen molar-refractivity contribution in [3.63, 3.8) is 0 Å². The van der Waals surface area contributed by atoms with Gasteiger partial charge in [-0.1, -0.05) is 36.7 Å². The molecule has 1 saturated carbocycles. The molecular weight excluding hydrogens is 293 g/mol. The molecule has 1 fully saturated rings. The van der Waals surface area contributed by atoms with Crippen LogP contribution >= 0.6 is 15.9 Å². The van der Waals surface area contributed by atoms with Gasteiger partial charge in [0, 0.05) is 16.1 Å². The zero-order chi connectivity index (χ0) is 13.3. The molecule has 2 rings (SSSR count). The summed E-state index contributed by atoms with van der Waals surface area (Å²) >= 11 is 3.44. The standard InChI is InChI=1S/C15H21BrFN/c1-4-7-18-14(12-9-15(12,2)3)11-8-10(16)5-6-13(11)17/h5-6,8,12,14,18H,4,7,9H2,1-3H3. The predicted molar refractivity (Wildman–Crippen MR) is 77.0 cm³/mol. The average Bonchev–Trinajstić information content (AvgIpc) is 2.93. The van der Waals surface area contributed by atoms with Gasteiger partial charge in [0.1, 0.15) is 5.82 Å². The molecule has 0 aliphatic heterocycles. The number of rotatable bonds is 5. The van der Waals surface area contributed by atoms with Crippen LogP contribution in [0.5, 0.6) is 0 Å². The maximum atomic E-state index is 14.0. The van der Waals surface area contributed by atoms with E-state index in [2.05, 4.69) is 42.0 Å². The molecule has 0 bridgehead atoms. The molecule has 1 aromatic rings.